The highest BCUT2D eigenvalue weighted by molar-refractivity contribution is 5.47. The summed E-state index contributed by atoms with van der Waals surface area (Å²) in [6.07, 6.45) is 4.56. The normalized spacial score (nSPS) is 12.2. The van der Waals surface area contributed by atoms with Crippen LogP contribution in [0.3, 0.4) is 0 Å². The van der Waals surface area contributed by atoms with Crippen molar-refractivity contribution in [2.45, 2.75) is 46.1 Å². The first kappa shape index (κ1) is 14.7. The summed E-state index contributed by atoms with van der Waals surface area (Å²) in [5.41, 5.74) is 1.02. The number of hydrogen-bond acceptors (Lipinski definition) is 5. The van der Waals surface area contributed by atoms with Gasteiger partial charge < -0.3 is 15.7 Å². The molecule has 5 heteroatoms. The molecule has 1 heterocycles. The van der Waals surface area contributed by atoms with Crippen molar-refractivity contribution >= 4 is 11.8 Å². The maximum absolute atomic E-state index is 9.00. The number of aromatic nitrogens is 2. The molecule has 1 aromatic rings. The van der Waals surface area contributed by atoms with Crippen LogP contribution in [0.15, 0.2) is 6.20 Å². The van der Waals surface area contributed by atoms with Gasteiger partial charge in [-0.05, 0) is 26.2 Å². The molecule has 0 fully saturated rings. The van der Waals surface area contributed by atoms with Crippen molar-refractivity contribution in [1.82, 2.24) is 9.97 Å². The lowest BCUT2D eigenvalue weighted by Crippen LogP contribution is -2.21. The van der Waals surface area contributed by atoms with E-state index in [9.17, 15) is 0 Å². The minimum atomic E-state index is 0.191. The molecule has 0 saturated carbocycles. The first-order valence-corrected chi connectivity index (χ1v) is 6.66. The number of rotatable bonds is 8. The zero-order valence-electron chi connectivity index (χ0n) is 11.5. The van der Waals surface area contributed by atoms with Crippen LogP contribution in [0.1, 0.15) is 38.7 Å². The molecule has 0 radical (unpaired) electrons. The Labute approximate surface area is 109 Å². The third-order valence-electron chi connectivity index (χ3n) is 2.82. The van der Waals surface area contributed by atoms with Gasteiger partial charge in [0.05, 0.1) is 0 Å². The molecule has 18 heavy (non-hydrogen) atoms. The van der Waals surface area contributed by atoms with Gasteiger partial charge in [-0.15, -0.1) is 0 Å². The van der Waals surface area contributed by atoms with Crippen molar-refractivity contribution in [3.8, 4) is 0 Å². The van der Waals surface area contributed by atoms with Crippen LogP contribution >= 0.6 is 0 Å². The molecular formula is C13H24N4O. The van der Waals surface area contributed by atoms with Crippen LogP contribution in [0.5, 0.6) is 0 Å². The van der Waals surface area contributed by atoms with E-state index in [1.54, 1.807) is 0 Å². The van der Waals surface area contributed by atoms with Crippen LogP contribution in [-0.4, -0.2) is 34.3 Å². The van der Waals surface area contributed by atoms with Gasteiger partial charge in [-0.25, -0.2) is 4.98 Å². The molecule has 1 atom stereocenters. The average Bonchev–Trinajstić information content (AvgIpc) is 2.38. The molecule has 0 bridgehead atoms. The highest BCUT2D eigenvalue weighted by Crippen LogP contribution is 2.15. The number of hydrogen-bond donors (Lipinski definition) is 3. The van der Waals surface area contributed by atoms with E-state index in [0.29, 0.717) is 5.95 Å². The molecule has 0 amide bonds. The monoisotopic (exact) mass is 252 g/mol. The second-order valence-corrected chi connectivity index (χ2v) is 4.41. The minimum Gasteiger partial charge on any atom is -0.396 e. The molecule has 102 valence electrons. The summed E-state index contributed by atoms with van der Waals surface area (Å²) in [6, 6.07) is 0.252. The molecule has 0 aromatic carbocycles. The fraction of sp³-hybridized carbons (Fsp3) is 0.692. The van der Waals surface area contributed by atoms with Crippen molar-refractivity contribution in [2.75, 3.05) is 23.8 Å². The van der Waals surface area contributed by atoms with E-state index in [4.69, 9.17) is 5.11 Å². The van der Waals surface area contributed by atoms with Crippen LogP contribution < -0.4 is 10.6 Å². The first-order valence-electron chi connectivity index (χ1n) is 6.66. The molecule has 5 nitrogen and oxygen atoms in total. The Bertz CT molecular complexity index is 357. The van der Waals surface area contributed by atoms with Gasteiger partial charge >= 0.3 is 0 Å². The SMILES string of the molecule is CCCNc1ncc(C)c(NC(CC)CCO)n1. The van der Waals surface area contributed by atoms with E-state index in [1.165, 1.54) is 0 Å². The maximum atomic E-state index is 9.00. The summed E-state index contributed by atoms with van der Waals surface area (Å²) in [7, 11) is 0. The van der Waals surface area contributed by atoms with Crippen LogP contribution in [0.2, 0.25) is 0 Å². The summed E-state index contributed by atoms with van der Waals surface area (Å²) in [5, 5.41) is 15.5. The summed E-state index contributed by atoms with van der Waals surface area (Å²) < 4.78 is 0. The van der Waals surface area contributed by atoms with E-state index in [1.807, 2.05) is 13.1 Å². The predicted molar refractivity (Wildman–Crippen MR) is 75.0 cm³/mol. The van der Waals surface area contributed by atoms with Gasteiger partial charge in [0.15, 0.2) is 0 Å². The number of aliphatic hydroxyl groups is 1. The molecular weight excluding hydrogens is 228 g/mol. The van der Waals surface area contributed by atoms with Gasteiger partial charge in [0.1, 0.15) is 5.82 Å². The van der Waals surface area contributed by atoms with Crippen LogP contribution in [0.4, 0.5) is 11.8 Å². The Kier molecular flexibility index (Phi) is 6.43. The lowest BCUT2D eigenvalue weighted by atomic mass is 10.1. The highest BCUT2D eigenvalue weighted by Gasteiger charge is 2.09. The molecule has 1 rings (SSSR count). The molecule has 0 aliphatic rings. The van der Waals surface area contributed by atoms with Gasteiger partial charge in [0.2, 0.25) is 5.95 Å². The Morgan fingerprint density at radius 2 is 2.17 bits per heavy atom. The molecule has 1 aromatic heterocycles. The van der Waals surface area contributed by atoms with Crippen molar-refractivity contribution < 1.29 is 5.11 Å². The third kappa shape index (κ3) is 4.49. The predicted octanol–water partition coefficient (Wildman–Crippen LogP) is 2.18. The first-order chi connectivity index (χ1) is 8.71. The second-order valence-electron chi connectivity index (χ2n) is 4.41. The van der Waals surface area contributed by atoms with Gasteiger partial charge in [0.25, 0.3) is 0 Å². The lowest BCUT2D eigenvalue weighted by Gasteiger charge is -2.18. The molecule has 0 aliphatic carbocycles. The van der Waals surface area contributed by atoms with E-state index < -0.39 is 0 Å². The summed E-state index contributed by atoms with van der Waals surface area (Å²) in [6.45, 7) is 7.25. The Morgan fingerprint density at radius 1 is 1.39 bits per heavy atom. The van der Waals surface area contributed by atoms with Crippen LogP contribution in [0.25, 0.3) is 0 Å². The number of aryl methyl sites for hydroxylation is 1. The van der Waals surface area contributed by atoms with Crippen molar-refractivity contribution in [3.63, 3.8) is 0 Å². The van der Waals surface area contributed by atoms with E-state index in [-0.39, 0.29) is 12.6 Å². The number of anilines is 2. The highest BCUT2D eigenvalue weighted by atomic mass is 16.3. The minimum absolute atomic E-state index is 0.191. The fourth-order valence-corrected chi connectivity index (χ4v) is 1.64. The van der Waals surface area contributed by atoms with Crippen molar-refractivity contribution in [3.05, 3.63) is 11.8 Å². The second kappa shape index (κ2) is 7.87. The third-order valence-corrected chi connectivity index (χ3v) is 2.82. The zero-order valence-corrected chi connectivity index (χ0v) is 11.5. The van der Waals surface area contributed by atoms with Gasteiger partial charge in [-0.3, -0.25) is 0 Å². The molecule has 0 spiro atoms. The maximum Gasteiger partial charge on any atom is 0.224 e. The molecule has 0 aliphatic heterocycles. The van der Waals surface area contributed by atoms with Crippen molar-refractivity contribution in [2.24, 2.45) is 0 Å². The largest absolute Gasteiger partial charge is 0.396 e. The van der Waals surface area contributed by atoms with Gasteiger partial charge in [-0.2, -0.15) is 4.98 Å². The van der Waals surface area contributed by atoms with E-state index >= 15 is 0 Å². The molecule has 0 saturated heterocycles. The van der Waals surface area contributed by atoms with Crippen LogP contribution in [0, 0.1) is 6.92 Å². The van der Waals surface area contributed by atoms with Gasteiger partial charge in [-0.1, -0.05) is 13.8 Å². The van der Waals surface area contributed by atoms with Crippen molar-refractivity contribution in [1.29, 1.82) is 0 Å². The summed E-state index contributed by atoms with van der Waals surface area (Å²) in [5.74, 6) is 1.51. The summed E-state index contributed by atoms with van der Waals surface area (Å²) >= 11 is 0. The average molecular weight is 252 g/mol. The van der Waals surface area contributed by atoms with E-state index in [0.717, 1.165) is 37.2 Å². The summed E-state index contributed by atoms with van der Waals surface area (Å²) in [4.78, 5) is 8.71. The smallest absolute Gasteiger partial charge is 0.224 e. The quantitative estimate of drug-likeness (QED) is 0.661. The molecule has 1 unspecified atom stereocenters. The number of nitrogens with one attached hydrogen (secondary N) is 2. The Hall–Kier alpha value is -1.36. The number of aliphatic hydroxyl groups excluding tert-OH is 1. The fourth-order valence-electron chi connectivity index (χ4n) is 1.64. The Balaban J connectivity index is 2.73. The standard InChI is InChI=1S/C13H24N4O/c1-4-7-14-13-15-9-10(3)12(17-13)16-11(5-2)6-8-18/h9,11,18H,4-8H2,1-3H3,(H2,14,15,16,17). The zero-order chi connectivity index (χ0) is 13.4. The Morgan fingerprint density at radius 3 is 2.78 bits per heavy atom. The topological polar surface area (TPSA) is 70.1 Å². The van der Waals surface area contributed by atoms with Gasteiger partial charge in [0, 0.05) is 31.0 Å². The molecule has 3 N–H and O–H groups in total. The van der Waals surface area contributed by atoms with E-state index in [2.05, 4.69) is 34.4 Å². The van der Waals surface area contributed by atoms with Crippen LogP contribution in [-0.2, 0) is 0 Å². The lowest BCUT2D eigenvalue weighted by molar-refractivity contribution is 0.278. The number of nitrogens with zero attached hydrogens (tertiary/aromatic N) is 2.